The lowest BCUT2D eigenvalue weighted by molar-refractivity contribution is -0.132. The molecule has 1 aliphatic heterocycles. The van der Waals surface area contributed by atoms with Crippen LogP contribution >= 0.6 is 12.4 Å². The minimum absolute atomic E-state index is 0. The van der Waals surface area contributed by atoms with Gasteiger partial charge in [0, 0.05) is 26.1 Å². The van der Waals surface area contributed by atoms with Crippen LogP contribution in [0.3, 0.4) is 0 Å². The van der Waals surface area contributed by atoms with Crippen LogP contribution in [0.25, 0.3) is 0 Å². The molecule has 1 amide bonds. The Labute approximate surface area is 105 Å². The van der Waals surface area contributed by atoms with Crippen molar-refractivity contribution in [2.45, 2.75) is 46.1 Å². The molecule has 3 nitrogen and oxygen atoms in total. The zero-order chi connectivity index (χ0) is 11.5. The zero-order valence-electron chi connectivity index (χ0n) is 10.9. The van der Waals surface area contributed by atoms with E-state index in [0.717, 1.165) is 25.9 Å². The van der Waals surface area contributed by atoms with Gasteiger partial charge in [-0.2, -0.15) is 0 Å². The van der Waals surface area contributed by atoms with E-state index in [4.69, 9.17) is 0 Å². The van der Waals surface area contributed by atoms with Crippen LogP contribution in [-0.4, -0.2) is 37.0 Å². The Bertz CT molecular complexity index is 220. The second-order valence-electron chi connectivity index (χ2n) is 5.71. The molecule has 0 bridgehead atoms. The highest BCUT2D eigenvalue weighted by Crippen LogP contribution is 2.21. The Balaban J connectivity index is 0.00000225. The van der Waals surface area contributed by atoms with E-state index < -0.39 is 0 Å². The number of nitrogens with zero attached hydrogens (tertiary/aromatic N) is 1. The SMILES string of the molecule is CN(C(=O)CCC(C)(C)C)C1CCNC1.Cl. The number of hydrogen-bond acceptors (Lipinski definition) is 2. The molecular formula is C12H25ClN2O. The number of carbonyl (C=O) groups is 1. The largest absolute Gasteiger partial charge is 0.341 e. The molecular weight excluding hydrogens is 224 g/mol. The molecule has 0 aromatic carbocycles. The van der Waals surface area contributed by atoms with Gasteiger partial charge in [-0.25, -0.2) is 0 Å². The van der Waals surface area contributed by atoms with Crippen LogP contribution in [0.2, 0.25) is 0 Å². The van der Waals surface area contributed by atoms with Crippen molar-refractivity contribution in [3.8, 4) is 0 Å². The van der Waals surface area contributed by atoms with E-state index in [2.05, 4.69) is 26.1 Å². The summed E-state index contributed by atoms with van der Waals surface area (Å²) in [6.45, 7) is 8.53. The highest BCUT2D eigenvalue weighted by atomic mass is 35.5. The molecule has 16 heavy (non-hydrogen) atoms. The molecule has 0 spiro atoms. The normalized spacial score (nSPS) is 20.4. The van der Waals surface area contributed by atoms with Gasteiger partial charge in [0.15, 0.2) is 0 Å². The molecule has 0 aromatic heterocycles. The van der Waals surface area contributed by atoms with Crippen molar-refractivity contribution >= 4 is 18.3 Å². The van der Waals surface area contributed by atoms with Gasteiger partial charge in [-0.15, -0.1) is 12.4 Å². The van der Waals surface area contributed by atoms with Crippen LogP contribution < -0.4 is 5.32 Å². The van der Waals surface area contributed by atoms with Crippen molar-refractivity contribution in [3.05, 3.63) is 0 Å². The summed E-state index contributed by atoms with van der Waals surface area (Å²) in [5.41, 5.74) is 0.254. The fourth-order valence-electron chi connectivity index (χ4n) is 1.83. The first-order chi connectivity index (χ1) is 6.90. The van der Waals surface area contributed by atoms with Gasteiger partial charge in [-0.3, -0.25) is 4.79 Å². The molecule has 96 valence electrons. The first-order valence-corrected chi connectivity index (χ1v) is 5.86. The Kier molecular flexibility index (Phi) is 6.34. The number of likely N-dealkylation sites (N-methyl/N-ethyl adjacent to an activating group) is 1. The van der Waals surface area contributed by atoms with Gasteiger partial charge in [-0.05, 0) is 24.8 Å². The lowest BCUT2D eigenvalue weighted by Gasteiger charge is -2.25. The zero-order valence-corrected chi connectivity index (χ0v) is 11.7. The molecule has 1 fully saturated rings. The molecule has 1 unspecified atom stereocenters. The molecule has 4 heteroatoms. The maximum atomic E-state index is 11.9. The van der Waals surface area contributed by atoms with Crippen LogP contribution in [0.1, 0.15) is 40.0 Å². The van der Waals surface area contributed by atoms with Gasteiger partial charge in [-0.1, -0.05) is 20.8 Å². The lowest BCUT2D eigenvalue weighted by Crippen LogP contribution is -2.38. The van der Waals surface area contributed by atoms with E-state index in [0.29, 0.717) is 18.4 Å². The molecule has 1 atom stereocenters. The van der Waals surface area contributed by atoms with Crippen molar-refractivity contribution < 1.29 is 4.79 Å². The molecule has 1 heterocycles. The van der Waals surface area contributed by atoms with E-state index >= 15 is 0 Å². The van der Waals surface area contributed by atoms with Gasteiger partial charge < -0.3 is 10.2 Å². The summed E-state index contributed by atoms with van der Waals surface area (Å²) >= 11 is 0. The summed E-state index contributed by atoms with van der Waals surface area (Å²) in [7, 11) is 1.93. The Morgan fingerprint density at radius 2 is 2.06 bits per heavy atom. The number of nitrogens with one attached hydrogen (secondary N) is 1. The fourth-order valence-corrected chi connectivity index (χ4v) is 1.83. The fraction of sp³-hybridized carbons (Fsp3) is 0.917. The molecule has 1 N–H and O–H groups in total. The van der Waals surface area contributed by atoms with Gasteiger partial charge >= 0.3 is 0 Å². The highest BCUT2D eigenvalue weighted by Gasteiger charge is 2.23. The van der Waals surface area contributed by atoms with E-state index in [1.165, 1.54) is 0 Å². The Morgan fingerprint density at radius 1 is 1.44 bits per heavy atom. The number of carbonyl (C=O) groups excluding carboxylic acids is 1. The molecule has 0 saturated carbocycles. The van der Waals surface area contributed by atoms with Gasteiger partial charge in [0.05, 0.1) is 0 Å². The van der Waals surface area contributed by atoms with Crippen LogP contribution in [0.15, 0.2) is 0 Å². The minimum atomic E-state index is 0. The topological polar surface area (TPSA) is 32.3 Å². The molecule has 0 radical (unpaired) electrons. The second-order valence-corrected chi connectivity index (χ2v) is 5.71. The van der Waals surface area contributed by atoms with Crippen molar-refractivity contribution in [2.75, 3.05) is 20.1 Å². The van der Waals surface area contributed by atoms with Crippen LogP contribution in [0.4, 0.5) is 0 Å². The smallest absolute Gasteiger partial charge is 0.222 e. The maximum absolute atomic E-state index is 11.9. The lowest BCUT2D eigenvalue weighted by atomic mass is 9.90. The van der Waals surface area contributed by atoms with Gasteiger partial charge in [0.1, 0.15) is 0 Å². The molecule has 0 aromatic rings. The molecule has 0 aliphatic carbocycles. The summed E-state index contributed by atoms with van der Waals surface area (Å²) in [5.74, 6) is 0.290. The Hall–Kier alpha value is -0.280. The first-order valence-electron chi connectivity index (χ1n) is 5.86. The van der Waals surface area contributed by atoms with E-state index in [-0.39, 0.29) is 17.8 Å². The molecule has 1 rings (SSSR count). The quantitative estimate of drug-likeness (QED) is 0.829. The summed E-state index contributed by atoms with van der Waals surface area (Å²) < 4.78 is 0. The Morgan fingerprint density at radius 3 is 2.50 bits per heavy atom. The van der Waals surface area contributed by atoms with Crippen LogP contribution in [-0.2, 0) is 4.79 Å². The average molecular weight is 249 g/mol. The van der Waals surface area contributed by atoms with Crippen molar-refractivity contribution in [1.29, 1.82) is 0 Å². The predicted octanol–water partition coefficient (Wildman–Crippen LogP) is 2.05. The third-order valence-corrected chi connectivity index (χ3v) is 3.06. The second kappa shape index (κ2) is 6.45. The number of halogens is 1. The first kappa shape index (κ1) is 15.7. The number of amides is 1. The van der Waals surface area contributed by atoms with Crippen molar-refractivity contribution in [2.24, 2.45) is 5.41 Å². The molecule has 1 saturated heterocycles. The number of rotatable bonds is 3. The van der Waals surface area contributed by atoms with Crippen molar-refractivity contribution in [3.63, 3.8) is 0 Å². The van der Waals surface area contributed by atoms with Crippen LogP contribution in [0.5, 0.6) is 0 Å². The van der Waals surface area contributed by atoms with E-state index in [1.807, 2.05) is 11.9 Å². The maximum Gasteiger partial charge on any atom is 0.222 e. The van der Waals surface area contributed by atoms with Gasteiger partial charge in [0.2, 0.25) is 5.91 Å². The number of hydrogen-bond donors (Lipinski definition) is 1. The average Bonchev–Trinajstić information content (AvgIpc) is 2.64. The minimum Gasteiger partial charge on any atom is -0.341 e. The highest BCUT2D eigenvalue weighted by molar-refractivity contribution is 5.85. The molecule has 1 aliphatic rings. The third kappa shape index (κ3) is 5.17. The summed E-state index contributed by atoms with van der Waals surface area (Å²) in [6.07, 6.45) is 2.74. The summed E-state index contributed by atoms with van der Waals surface area (Å²) in [6, 6.07) is 0.414. The third-order valence-electron chi connectivity index (χ3n) is 3.06. The monoisotopic (exact) mass is 248 g/mol. The van der Waals surface area contributed by atoms with E-state index in [9.17, 15) is 4.79 Å². The standard InChI is InChI=1S/C12H24N2O.ClH/c1-12(2,3)7-5-11(15)14(4)10-6-8-13-9-10;/h10,13H,5-9H2,1-4H3;1H. The van der Waals surface area contributed by atoms with Crippen molar-refractivity contribution in [1.82, 2.24) is 10.2 Å². The van der Waals surface area contributed by atoms with Crippen LogP contribution in [0, 0.1) is 5.41 Å². The summed E-state index contributed by atoms with van der Waals surface area (Å²) in [4.78, 5) is 13.8. The predicted molar refractivity (Wildman–Crippen MR) is 70.0 cm³/mol. The summed E-state index contributed by atoms with van der Waals surface area (Å²) in [5, 5.41) is 3.29. The van der Waals surface area contributed by atoms with Gasteiger partial charge in [0.25, 0.3) is 0 Å². The van der Waals surface area contributed by atoms with E-state index in [1.54, 1.807) is 0 Å².